The number of carboxylic acid groups (broad SMARTS) is 2. The van der Waals surface area contributed by atoms with Crippen molar-refractivity contribution in [3.8, 4) is 0 Å². The van der Waals surface area contributed by atoms with E-state index in [0.717, 1.165) is 12.2 Å². The van der Waals surface area contributed by atoms with Crippen LogP contribution in [-0.2, 0) is 20.2 Å². The lowest BCUT2D eigenvalue weighted by Gasteiger charge is -2.18. The molecule has 0 saturated heterocycles. The van der Waals surface area contributed by atoms with Gasteiger partial charge in [0, 0.05) is 22.5 Å². The second-order valence-electron chi connectivity index (χ2n) is 11.7. The minimum Gasteiger partial charge on any atom is -0.478 e. The summed E-state index contributed by atoms with van der Waals surface area (Å²) in [5.74, 6) is -4.17. The number of carbonyl (C=O) groups is 5. The van der Waals surface area contributed by atoms with Gasteiger partial charge in [-0.25, -0.2) is 14.4 Å². The van der Waals surface area contributed by atoms with Crippen LogP contribution < -0.4 is 21.5 Å². The molecule has 4 aromatic carbocycles. The van der Waals surface area contributed by atoms with E-state index in [1.807, 2.05) is 0 Å². The summed E-state index contributed by atoms with van der Waals surface area (Å²) in [7, 11) is -10.0. The molecule has 284 valence electrons. The van der Waals surface area contributed by atoms with Gasteiger partial charge in [0.25, 0.3) is 20.2 Å². The molecule has 0 saturated carbocycles. The highest BCUT2D eigenvalue weighted by Gasteiger charge is 2.34. The smallest absolute Gasteiger partial charge is 0.335 e. The van der Waals surface area contributed by atoms with Gasteiger partial charge in [0.2, 0.25) is 11.6 Å². The van der Waals surface area contributed by atoms with E-state index < -0.39 is 71.0 Å². The molecule has 0 aromatic heterocycles. The average molecular weight is 801 g/mol. The van der Waals surface area contributed by atoms with Gasteiger partial charge in [-0.1, -0.05) is 0 Å². The molecule has 0 radical (unpaired) electrons. The van der Waals surface area contributed by atoms with Crippen LogP contribution in [0.5, 0.6) is 0 Å². The lowest BCUT2D eigenvalue weighted by molar-refractivity contribution is 0.0686. The van der Waals surface area contributed by atoms with Gasteiger partial charge in [-0.15, -0.1) is 0 Å². The Balaban J connectivity index is 1.20. The van der Waals surface area contributed by atoms with Gasteiger partial charge >= 0.3 is 18.0 Å². The topological polar surface area (TPSA) is 307 Å². The first-order valence-corrected chi connectivity index (χ1v) is 18.5. The highest BCUT2D eigenvalue weighted by molar-refractivity contribution is 7.91. The summed E-state index contributed by atoms with van der Waals surface area (Å²) in [6.07, 6.45) is 1.93. The number of carbonyl (C=O) groups excluding carboxylic acids is 3. The van der Waals surface area contributed by atoms with Crippen LogP contribution in [0.15, 0.2) is 105 Å². The van der Waals surface area contributed by atoms with Crippen LogP contribution in [0.3, 0.4) is 0 Å². The van der Waals surface area contributed by atoms with Crippen molar-refractivity contribution in [3.63, 3.8) is 0 Å². The normalized spacial score (nSPS) is 15.2. The van der Waals surface area contributed by atoms with E-state index in [-0.39, 0.29) is 56.1 Å². The Morgan fingerprint density at radius 2 is 0.857 bits per heavy atom. The van der Waals surface area contributed by atoms with E-state index in [9.17, 15) is 49.9 Å². The Hall–Kier alpha value is -7.33. The van der Waals surface area contributed by atoms with Crippen molar-refractivity contribution >= 4 is 96.1 Å². The maximum absolute atomic E-state index is 13.3. The van der Waals surface area contributed by atoms with Crippen molar-refractivity contribution in [3.05, 3.63) is 128 Å². The summed E-state index contributed by atoms with van der Waals surface area (Å²) in [5.41, 5.74) is 3.94. The van der Waals surface area contributed by atoms with Crippen LogP contribution in [0.1, 0.15) is 52.6 Å². The number of rotatable bonds is 10. The standard InChI is InChI=1S/C35H24N6O13S2/c42-31-25-11-9-23(13-19(25)15-27(55(49,50)51)29(31)40-38-21-5-1-17(2-6-21)33(44)45)36-35(48)37-24-10-12-26-20(14-24)16-28(56(52,53)54)30(32(26)43)41-39-22-7-3-18(4-8-22)34(46)47/h1-16,38-39H,(H,44,45)(H,46,47)(H2,36,37,48)(H,49,50,51)(H,52,53,54)/b40-29+,41-30+. The van der Waals surface area contributed by atoms with Crippen molar-refractivity contribution in [2.24, 2.45) is 10.2 Å². The molecule has 0 heterocycles. The highest BCUT2D eigenvalue weighted by Crippen LogP contribution is 2.30. The largest absolute Gasteiger partial charge is 0.478 e. The van der Waals surface area contributed by atoms with E-state index >= 15 is 0 Å². The molecule has 0 atom stereocenters. The fourth-order valence-electron chi connectivity index (χ4n) is 5.35. The van der Waals surface area contributed by atoms with Crippen LogP contribution in [-0.4, -0.2) is 77.1 Å². The summed E-state index contributed by atoms with van der Waals surface area (Å²) < 4.78 is 68.9. The average Bonchev–Trinajstić information content (AvgIpc) is 3.13. The van der Waals surface area contributed by atoms with Crippen molar-refractivity contribution in [2.75, 3.05) is 21.5 Å². The predicted molar refractivity (Wildman–Crippen MR) is 202 cm³/mol. The van der Waals surface area contributed by atoms with Gasteiger partial charge in [-0.2, -0.15) is 27.0 Å². The lowest BCUT2D eigenvalue weighted by atomic mass is 9.94. The molecule has 21 heteroatoms. The molecule has 8 N–H and O–H groups in total. The maximum Gasteiger partial charge on any atom is 0.335 e. The van der Waals surface area contributed by atoms with Crippen LogP contribution in [0.2, 0.25) is 0 Å². The molecule has 0 aliphatic heterocycles. The zero-order valence-corrected chi connectivity index (χ0v) is 29.5. The number of anilines is 4. The monoisotopic (exact) mass is 800 g/mol. The first-order chi connectivity index (χ1) is 26.4. The summed E-state index contributed by atoms with van der Waals surface area (Å²) in [5, 5.41) is 30.8. The quantitative estimate of drug-likeness (QED) is 0.0808. The third kappa shape index (κ3) is 8.24. The molecule has 0 unspecified atom stereocenters. The Bertz CT molecular complexity index is 2550. The van der Waals surface area contributed by atoms with E-state index in [2.05, 4.69) is 31.7 Å². The molecule has 0 bridgehead atoms. The van der Waals surface area contributed by atoms with Crippen molar-refractivity contribution < 1.29 is 60.1 Å². The van der Waals surface area contributed by atoms with Crippen LogP contribution in [0.25, 0.3) is 12.2 Å². The number of nitrogens with one attached hydrogen (secondary N) is 4. The number of hydrogen-bond donors (Lipinski definition) is 8. The molecule has 2 aliphatic rings. The summed E-state index contributed by atoms with van der Waals surface area (Å²) in [6.45, 7) is 0. The molecule has 2 amide bonds. The number of hydrogen-bond acceptors (Lipinski definition) is 13. The first kappa shape index (κ1) is 38.4. The predicted octanol–water partition coefficient (Wildman–Crippen LogP) is 4.51. The van der Waals surface area contributed by atoms with Crippen LogP contribution in [0, 0.1) is 0 Å². The number of nitrogens with zero attached hydrogens (tertiary/aromatic N) is 2. The molecule has 0 fully saturated rings. The molecule has 4 aromatic rings. The number of benzene rings is 4. The number of Topliss-reactive ketones (excluding diaryl/α,β-unsaturated/α-hetero) is 2. The molecule has 19 nitrogen and oxygen atoms in total. The number of amides is 2. The van der Waals surface area contributed by atoms with E-state index in [1.165, 1.54) is 84.9 Å². The van der Waals surface area contributed by atoms with Gasteiger partial charge in [0.05, 0.1) is 22.5 Å². The molecule has 2 aliphatic carbocycles. The third-order valence-electron chi connectivity index (χ3n) is 7.99. The fraction of sp³-hybridized carbons (Fsp3) is 0. The van der Waals surface area contributed by atoms with Crippen LogP contribution in [0.4, 0.5) is 27.5 Å². The number of ketones is 2. The zero-order chi connectivity index (χ0) is 40.5. The van der Waals surface area contributed by atoms with Gasteiger partial charge in [0.1, 0.15) is 9.81 Å². The highest BCUT2D eigenvalue weighted by atomic mass is 32.2. The van der Waals surface area contributed by atoms with Gasteiger partial charge in [-0.05, 0) is 108 Å². The second-order valence-corrected chi connectivity index (χ2v) is 14.5. The maximum atomic E-state index is 13.3. The number of urea groups is 1. The van der Waals surface area contributed by atoms with E-state index in [0.29, 0.717) is 0 Å². The summed E-state index contributed by atoms with van der Waals surface area (Å²) in [6, 6.07) is 17.1. The Labute approximate surface area is 315 Å². The molecule has 56 heavy (non-hydrogen) atoms. The number of carboxylic acids is 2. The Kier molecular flexibility index (Phi) is 10.2. The van der Waals surface area contributed by atoms with Crippen molar-refractivity contribution in [2.45, 2.75) is 0 Å². The van der Waals surface area contributed by atoms with Gasteiger partial charge in [0.15, 0.2) is 11.4 Å². The fourth-order valence-corrected chi connectivity index (χ4v) is 6.66. The van der Waals surface area contributed by atoms with Gasteiger partial charge < -0.3 is 20.8 Å². The lowest BCUT2D eigenvalue weighted by Crippen LogP contribution is -2.27. The SMILES string of the molecule is O=C(Nc1ccc2c(c1)C=C(S(=O)(=O)O)/C(=N\Nc1ccc(C(=O)O)cc1)C2=O)Nc1ccc2c(c1)C=C(S(=O)(=O)O)/C(=N\Nc1ccc(C(=O)O)cc1)C2=O. The third-order valence-corrected chi connectivity index (χ3v) is 9.73. The number of aromatic carboxylic acids is 2. The minimum absolute atomic E-state index is 0.00964. The minimum atomic E-state index is -5.02. The van der Waals surface area contributed by atoms with Crippen molar-refractivity contribution in [1.29, 1.82) is 0 Å². The Morgan fingerprint density at radius 1 is 0.518 bits per heavy atom. The zero-order valence-electron chi connectivity index (χ0n) is 27.9. The summed E-state index contributed by atoms with van der Waals surface area (Å²) >= 11 is 0. The second kappa shape index (κ2) is 14.8. The van der Waals surface area contributed by atoms with Crippen molar-refractivity contribution in [1.82, 2.24) is 0 Å². The van der Waals surface area contributed by atoms with Crippen LogP contribution >= 0.6 is 0 Å². The number of allylic oxidation sites excluding steroid dienone is 2. The molecule has 6 rings (SSSR count). The Morgan fingerprint density at radius 3 is 1.18 bits per heavy atom. The summed E-state index contributed by atoms with van der Waals surface area (Å²) in [4.78, 5) is 60.1. The number of hydrazone groups is 2. The first-order valence-electron chi connectivity index (χ1n) is 15.6. The molecular weight excluding hydrogens is 777 g/mol. The molecular formula is C35H24N6O13S2. The van der Waals surface area contributed by atoms with E-state index in [4.69, 9.17) is 10.2 Å². The van der Waals surface area contributed by atoms with E-state index in [1.54, 1.807) is 0 Å². The molecule has 0 spiro atoms. The van der Waals surface area contributed by atoms with Gasteiger partial charge in [-0.3, -0.25) is 29.5 Å². The number of fused-ring (bicyclic) bond motifs is 2.